The number of nitrogens with zero attached hydrogens (tertiary/aromatic N) is 2. The minimum absolute atomic E-state index is 0.365. The lowest BCUT2D eigenvalue weighted by Crippen LogP contribution is -2.34. The van der Waals surface area contributed by atoms with Crippen LogP contribution < -0.4 is 11.1 Å². The molecule has 130 valence electrons. The molecule has 0 aliphatic heterocycles. The summed E-state index contributed by atoms with van der Waals surface area (Å²) in [6.07, 6.45) is 0.319. The van der Waals surface area contributed by atoms with E-state index >= 15 is 0 Å². The fourth-order valence-electron chi connectivity index (χ4n) is 1.97. The zero-order chi connectivity index (χ0) is 18.2. The predicted octanol–water partition coefficient (Wildman–Crippen LogP) is 2.84. The van der Waals surface area contributed by atoms with Crippen LogP contribution in [-0.2, 0) is 9.53 Å². The maximum atomic E-state index is 12.3. The lowest BCUT2D eigenvalue weighted by Gasteiger charge is -2.14. The number of primary amides is 1. The van der Waals surface area contributed by atoms with Crippen molar-refractivity contribution in [2.24, 2.45) is 5.73 Å². The summed E-state index contributed by atoms with van der Waals surface area (Å²) in [5.74, 6) is 0.188. The lowest BCUT2D eigenvalue weighted by atomic mass is 10.1. The summed E-state index contributed by atoms with van der Waals surface area (Å²) in [7, 11) is 0. The Bertz CT molecular complexity index is 783. The number of hydrogen-bond acceptors (Lipinski definition) is 7. The molecule has 1 heterocycles. The van der Waals surface area contributed by atoms with Gasteiger partial charge in [0.1, 0.15) is 0 Å². The number of amides is 2. The van der Waals surface area contributed by atoms with Crippen LogP contribution in [0, 0.1) is 11.3 Å². The van der Waals surface area contributed by atoms with Gasteiger partial charge in [-0.3, -0.25) is 10.1 Å². The van der Waals surface area contributed by atoms with Gasteiger partial charge in [0, 0.05) is 17.4 Å². The second-order valence-electron chi connectivity index (χ2n) is 4.92. The van der Waals surface area contributed by atoms with Crippen LogP contribution in [0.1, 0.15) is 12.0 Å². The van der Waals surface area contributed by atoms with E-state index in [9.17, 15) is 9.59 Å². The van der Waals surface area contributed by atoms with Crippen LogP contribution in [0.25, 0.3) is 11.3 Å². The number of benzene rings is 1. The van der Waals surface area contributed by atoms with Crippen LogP contribution >= 0.6 is 23.1 Å². The number of thioether (sulfide) groups is 1. The first-order chi connectivity index (χ1) is 12.0. The van der Waals surface area contributed by atoms with Gasteiger partial charge in [0.2, 0.25) is 0 Å². The number of carbonyl (C=O) groups is 2. The van der Waals surface area contributed by atoms with E-state index in [1.54, 1.807) is 29.6 Å². The number of nitriles is 1. The van der Waals surface area contributed by atoms with Gasteiger partial charge in [0.25, 0.3) is 5.91 Å². The molecule has 1 aromatic carbocycles. The van der Waals surface area contributed by atoms with Crippen molar-refractivity contribution in [3.63, 3.8) is 0 Å². The molecule has 0 aliphatic rings. The summed E-state index contributed by atoms with van der Waals surface area (Å²) >= 11 is 2.79. The summed E-state index contributed by atoms with van der Waals surface area (Å²) in [6.45, 7) is 0. The molecule has 0 aliphatic carbocycles. The fourth-order valence-corrected chi connectivity index (χ4v) is 3.15. The molecule has 2 amide bonds. The van der Waals surface area contributed by atoms with Crippen LogP contribution in [0.3, 0.4) is 0 Å². The standard InChI is InChI=1S/C16H16N4O3S2/c1-24-7-6-13(23-15(18)22)14(21)20-16-19-12(9-25-16)11-4-2-10(8-17)3-5-11/h2-5,9,13H,6-7H2,1H3,(H2,18,22)(H,19,20,21)/t13-/m0/s1. The van der Waals surface area contributed by atoms with Crippen LogP contribution in [0.5, 0.6) is 0 Å². The number of aromatic nitrogens is 1. The number of rotatable bonds is 7. The van der Waals surface area contributed by atoms with Crippen molar-refractivity contribution in [3.05, 3.63) is 35.2 Å². The van der Waals surface area contributed by atoms with E-state index in [2.05, 4.69) is 16.4 Å². The number of nitrogens with two attached hydrogens (primary N) is 1. The third-order valence-electron chi connectivity index (χ3n) is 3.18. The van der Waals surface area contributed by atoms with Gasteiger partial charge in [-0.1, -0.05) is 12.1 Å². The van der Waals surface area contributed by atoms with E-state index in [1.165, 1.54) is 23.1 Å². The SMILES string of the molecule is CSCC[C@H](OC(N)=O)C(=O)Nc1nc(-c2ccc(C#N)cc2)cs1. The van der Waals surface area contributed by atoms with E-state index in [0.717, 1.165) is 5.56 Å². The molecule has 7 nitrogen and oxygen atoms in total. The third kappa shape index (κ3) is 5.48. The van der Waals surface area contributed by atoms with Gasteiger partial charge in [-0.05, 0) is 24.1 Å². The second-order valence-corrected chi connectivity index (χ2v) is 6.77. The minimum Gasteiger partial charge on any atom is -0.436 e. The number of carbonyl (C=O) groups excluding carboxylic acids is 2. The van der Waals surface area contributed by atoms with Gasteiger partial charge in [-0.25, -0.2) is 9.78 Å². The number of hydrogen-bond donors (Lipinski definition) is 2. The molecule has 3 N–H and O–H groups in total. The maximum Gasteiger partial charge on any atom is 0.405 e. The lowest BCUT2D eigenvalue weighted by molar-refractivity contribution is -0.124. The molecular weight excluding hydrogens is 360 g/mol. The van der Waals surface area contributed by atoms with Crippen molar-refractivity contribution in [1.82, 2.24) is 4.98 Å². The van der Waals surface area contributed by atoms with Gasteiger partial charge in [-0.2, -0.15) is 17.0 Å². The smallest absolute Gasteiger partial charge is 0.405 e. The molecule has 1 aromatic heterocycles. The first-order valence-electron chi connectivity index (χ1n) is 7.25. The highest BCUT2D eigenvalue weighted by atomic mass is 32.2. The molecule has 0 radical (unpaired) electrons. The van der Waals surface area contributed by atoms with E-state index in [-0.39, 0.29) is 0 Å². The molecule has 0 saturated carbocycles. The number of nitrogens with one attached hydrogen (secondary N) is 1. The quantitative estimate of drug-likeness (QED) is 0.767. The topological polar surface area (TPSA) is 118 Å². The third-order valence-corrected chi connectivity index (χ3v) is 4.58. The highest BCUT2D eigenvalue weighted by Gasteiger charge is 2.22. The maximum absolute atomic E-state index is 12.3. The summed E-state index contributed by atoms with van der Waals surface area (Å²) < 4.78 is 4.86. The van der Waals surface area contributed by atoms with Crippen molar-refractivity contribution >= 4 is 40.2 Å². The summed E-state index contributed by atoms with van der Waals surface area (Å²) in [5, 5.41) is 13.7. The van der Waals surface area contributed by atoms with Gasteiger partial charge < -0.3 is 10.5 Å². The normalized spacial score (nSPS) is 11.4. The van der Waals surface area contributed by atoms with Crippen LogP contribution in [0.4, 0.5) is 9.93 Å². The zero-order valence-corrected chi connectivity index (χ0v) is 15.0. The van der Waals surface area contributed by atoms with Crippen molar-refractivity contribution in [2.45, 2.75) is 12.5 Å². The van der Waals surface area contributed by atoms with Crippen molar-refractivity contribution in [2.75, 3.05) is 17.3 Å². The second kappa shape index (κ2) is 9.05. The van der Waals surface area contributed by atoms with Gasteiger partial charge in [0.05, 0.1) is 17.3 Å². The molecule has 1 atom stereocenters. The van der Waals surface area contributed by atoms with Crippen molar-refractivity contribution < 1.29 is 14.3 Å². The molecule has 2 rings (SSSR count). The Balaban J connectivity index is 2.06. The Labute approximate surface area is 153 Å². The molecule has 0 bridgehead atoms. The average molecular weight is 376 g/mol. The summed E-state index contributed by atoms with van der Waals surface area (Å²) in [4.78, 5) is 27.6. The Hall–Kier alpha value is -2.57. The molecule has 25 heavy (non-hydrogen) atoms. The monoisotopic (exact) mass is 376 g/mol. The Kier molecular flexibility index (Phi) is 6.80. The average Bonchev–Trinajstić information content (AvgIpc) is 3.06. The summed E-state index contributed by atoms with van der Waals surface area (Å²) in [5.41, 5.74) is 7.10. The molecule has 0 fully saturated rings. The van der Waals surface area contributed by atoms with E-state index in [4.69, 9.17) is 15.7 Å². The Morgan fingerprint density at radius 3 is 2.76 bits per heavy atom. The first kappa shape index (κ1) is 18.8. The van der Waals surface area contributed by atoms with Crippen LogP contribution in [-0.4, -0.2) is 35.1 Å². The molecular formula is C16H16N4O3S2. The minimum atomic E-state index is -0.987. The van der Waals surface area contributed by atoms with Crippen LogP contribution in [0.2, 0.25) is 0 Å². The van der Waals surface area contributed by atoms with Crippen molar-refractivity contribution in [1.29, 1.82) is 5.26 Å². The largest absolute Gasteiger partial charge is 0.436 e. The van der Waals surface area contributed by atoms with Gasteiger partial charge in [-0.15, -0.1) is 11.3 Å². The van der Waals surface area contributed by atoms with Crippen LogP contribution in [0.15, 0.2) is 29.6 Å². The molecule has 2 aromatic rings. The Morgan fingerprint density at radius 2 is 2.16 bits per heavy atom. The highest BCUT2D eigenvalue weighted by molar-refractivity contribution is 7.98. The van der Waals surface area contributed by atoms with E-state index < -0.39 is 18.1 Å². The van der Waals surface area contributed by atoms with Gasteiger partial charge in [0.15, 0.2) is 11.2 Å². The molecule has 0 unspecified atom stereocenters. The fraction of sp³-hybridized carbons (Fsp3) is 0.250. The Morgan fingerprint density at radius 1 is 1.44 bits per heavy atom. The zero-order valence-electron chi connectivity index (χ0n) is 13.4. The number of thiazole rings is 1. The summed E-state index contributed by atoms with van der Waals surface area (Å²) in [6, 6.07) is 9.03. The van der Waals surface area contributed by atoms with Crippen molar-refractivity contribution in [3.8, 4) is 17.3 Å². The van der Waals surface area contributed by atoms with Gasteiger partial charge >= 0.3 is 6.09 Å². The molecule has 0 saturated heterocycles. The number of ether oxygens (including phenoxy) is 1. The highest BCUT2D eigenvalue weighted by Crippen LogP contribution is 2.25. The van der Waals surface area contributed by atoms with E-state index in [1.807, 2.05) is 6.26 Å². The van der Waals surface area contributed by atoms with E-state index in [0.29, 0.717) is 28.6 Å². The number of anilines is 1. The first-order valence-corrected chi connectivity index (χ1v) is 9.52. The molecule has 9 heteroatoms. The predicted molar refractivity (Wildman–Crippen MR) is 98.4 cm³/mol. The molecule has 0 spiro atoms.